The molecule has 5 aliphatic rings. The molecule has 4 heterocycles. The quantitative estimate of drug-likeness (QED) is 0.635. The number of nitrogens with one attached hydrogen (secondary N) is 1. The van der Waals surface area contributed by atoms with E-state index in [0.29, 0.717) is 48.5 Å². The van der Waals surface area contributed by atoms with Gasteiger partial charge in [-0.05, 0) is 69.1 Å². The average molecular weight is 495 g/mol. The van der Waals surface area contributed by atoms with Gasteiger partial charge < -0.3 is 4.90 Å². The second-order valence-electron chi connectivity index (χ2n) is 11.8. The Bertz CT molecular complexity index is 784. The van der Waals surface area contributed by atoms with E-state index in [1.807, 2.05) is 0 Å². The maximum atomic E-state index is 13.4. The summed E-state index contributed by atoms with van der Waals surface area (Å²) in [6.07, 6.45) is 14.8. The molecular weight excluding hydrogens is 448 g/mol. The number of carbonyl (C=O) groups excluding carboxylic acids is 1. The lowest BCUT2D eigenvalue weighted by atomic mass is 9.75. The predicted molar refractivity (Wildman–Crippen MR) is 134 cm³/mol. The van der Waals surface area contributed by atoms with Crippen LogP contribution in [0.3, 0.4) is 0 Å². The SMILES string of the molecule is O=C(C1CNN2CCC(C3CCN(S(=O)(=O)CC4CCCCC4)CC3)CC12)N1CCCCCC1. The van der Waals surface area contributed by atoms with Crippen molar-refractivity contribution in [3.05, 3.63) is 0 Å². The van der Waals surface area contributed by atoms with E-state index in [4.69, 9.17) is 0 Å². The van der Waals surface area contributed by atoms with Gasteiger partial charge in [-0.25, -0.2) is 17.7 Å². The number of sulfonamides is 1. The van der Waals surface area contributed by atoms with Crippen LogP contribution in [0.4, 0.5) is 0 Å². The van der Waals surface area contributed by atoms with Crippen LogP contribution in [0.15, 0.2) is 0 Å². The minimum atomic E-state index is -3.12. The third-order valence-corrected chi connectivity index (χ3v) is 11.7. The molecule has 3 atom stereocenters. The van der Waals surface area contributed by atoms with Crippen molar-refractivity contribution in [1.82, 2.24) is 19.6 Å². The van der Waals surface area contributed by atoms with E-state index < -0.39 is 10.0 Å². The molecule has 0 bridgehead atoms. The van der Waals surface area contributed by atoms with Gasteiger partial charge in [0.15, 0.2) is 0 Å². The van der Waals surface area contributed by atoms with Crippen LogP contribution in [0.1, 0.15) is 83.5 Å². The molecule has 4 aliphatic heterocycles. The van der Waals surface area contributed by atoms with Gasteiger partial charge in [0.05, 0.1) is 11.7 Å². The largest absolute Gasteiger partial charge is 0.342 e. The van der Waals surface area contributed by atoms with Crippen molar-refractivity contribution in [3.8, 4) is 0 Å². The minimum absolute atomic E-state index is 0.0804. The van der Waals surface area contributed by atoms with Crippen molar-refractivity contribution >= 4 is 15.9 Å². The summed E-state index contributed by atoms with van der Waals surface area (Å²) in [5.74, 6) is 2.39. The maximum absolute atomic E-state index is 13.4. The van der Waals surface area contributed by atoms with Crippen LogP contribution in [0, 0.1) is 23.7 Å². The molecule has 0 spiro atoms. The van der Waals surface area contributed by atoms with Gasteiger partial charge in [-0.15, -0.1) is 0 Å². The fourth-order valence-corrected chi connectivity index (χ4v) is 9.45. The minimum Gasteiger partial charge on any atom is -0.342 e. The van der Waals surface area contributed by atoms with Crippen LogP contribution in [-0.2, 0) is 14.8 Å². The molecule has 5 fully saturated rings. The maximum Gasteiger partial charge on any atom is 0.228 e. The Morgan fingerprint density at radius 1 is 0.765 bits per heavy atom. The molecule has 0 aromatic rings. The zero-order valence-corrected chi connectivity index (χ0v) is 21.8. The molecule has 5 rings (SSSR count). The highest BCUT2D eigenvalue weighted by molar-refractivity contribution is 7.89. The van der Waals surface area contributed by atoms with E-state index >= 15 is 0 Å². The summed E-state index contributed by atoms with van der Waals surface area (Å²) in [5.41, 5.74) is 3.53. The first kappa shape index (κ1) is 25.0. The van der Waals surface area contributed by atoms with Crippen LogP contribution in [0.5, 0.6) is 0 Å². The van der Waals surface area contributed by atoms with E-state index in [0.717, 1.165) is 77.5 Å². The Labute approximate surface area is 207 Å². The smallest absolute Gasteiger partial charge is 0.228 e. The molecule has 194 valence electrons. The first-order valence-electron chi connectivity index (χ1n) is 14.3. The molecule has 4 saturated heterocycles. The van der Waals surface area contributed by atoms with Gasteiger partial charge in [0.25, 0.3) is 0 Å². The molecule has 1 N–H and O–H groups in total. The van der Waals surface area contributed by atoms with Crippen LogP contribution in [0.2, 0.25) is 0 Å². The van der Waals surface area contributed by atoms with E-state index in [1.165, 1.54) is 32.1 Å². The Kier molecular flexibility index (Phi) is 8.18. The zero-order valence-electron chi connectivity index (χ0n) is 21.0. The number of fused-ring (bicyclic) bond motifs is 1. The van der Waals surface area contributed by atoms with Gasteiger partial charge in [0.1, 0.15) is 0 Å². The topological polar surface area (TPSA) is 73.0 Å². The van der Waals surface area contributed by atoms with Gasteiger partial charge in [0, 0.05) is 45.3 Å². The number of rotatable bonds is 5. The fourth-order valence-electron chi connectivity index (χ4n) is 7.54. The van der Waals surface area contributed by atoms with Gasteiger partial charge in [-0.2, -0.15) is 0 Å². The van der Waals surface area contributed by atoms with Gasteiger partial charge in [-0.3, -0.25) is 10.2 Å². The van der Waals surface area contributed by atoms with E-state index in [9.17, 15) is 13.2 Å². The highest BCUT2D eigenvalue weighted by Gasteiger charge is 2.45. The van der Waals surface area contributed by atoms with Crippen LogP contribution >= 0.6 is 0 Å². The molecule has 1 saturated carbocycles. The highest BCUT2D eigenvalue weighted by atomic mass is 32.2. The molecule has 0 aromatic heterocycles. The van der Waals surface area contributed by atoms with Crippen LogP contribution in [-0.4, -0.2) is 79.6 Å². The summed E-state index contributed by atoms with van der Waals surface area (Å²) in [6, 6.07) is 0.308. The lowest BCUT2D eigenvalue weighted by Gasteiger charge is -2.42. The van der Waals surface area contributed by atoms with Crippen molar-refractivity contribution in [3.63, 3.8) is 0 Å². The Balaban J connectivity index is 1.14. The first-order valence-corrected chi connectivity index (χ1v) is 15.9. The number of hydrogen-bond donors (Lipinski definition) is 1. The molecule has 0 radical (unpaired) electrons. The van der Waals surface area contributed by atoms with Crippen molar-refractivity contribution in [2.75, 3.05) is 45.0 Å². The molecule has 8 heteroatoms. The standard InChI is InChI=1S/C26H46N4O3S/c31-26(28-13-6-1-2-7-14-28)24-19-27-30-17-12-23(18-25(24)30)22-10-15-29(16-11-22)34(32,33)20-21-8-4-3-5-9-21/h21-25,27H,1-20H2. The van der Waals surface area contributed by atoms with Crippen molar-refractivity contribution in [2.24, 2.45) is 23.7 Å². The van der Waals surface area contributed by atoms with Crippen molar-refractivity contribution in [2.45, 2.75) is 89.5 Å². The Morgan fingerprint density at radius 2 is 1.41 bits per heavy atom. The third-order valence-electron chi connectivity index (χ3n) is 9.63. The molecule has 0 aromatic carbocycles. The lowest BCUT2D eigenvalue weighted by Crippen LogP contribution is -2.50. The normalized spacial score (nSPS) is 33.5. The lowest BCUT2D eigenvalue weighted by molar-refractivity contribution is -0.136. The Morgan fingerprint density at radius 3 is 2.12 bits per heavy atom. The second-order valence-corrected chi connectivity index (χ2v) is 13.8. The van der Waals surface area contributed by atoms with Gasteiger partial charge in [-0.1, -0.05) is 32.1 Å². The number of amides is 1. The number of hydrogen-bond acceptors (Lipinski definition) is 5. The molecule has 3 unspecified atom stereocenters. The molecule has 7 nitrogen and oxygen atoms in total. The third kappa shape index (κ3) is 5.65. The Hall–Kier alpha value is -0.700. The van der Waals surface area contributed by atoms with Crippen LogP contribution < -0.4 is 5.43 Å². The van der Waals surface area contributed by atoms with E-state index in [2.05, 4.69) is 15.3 Å². The zero-order chi connectivity index (χ0) is 23.5. The molecular formula is C26H46N4O3S. The van der Waals surface area contributed by atoms with Crippen molar-refractivity contribution < 1.29 is 13.2 Å². The van der Waals surface area contributed by atoms with Crippen molar-refractivity contribution in [1.29, 1.82) is 0 Å². The van der Waals surface area contributed by atoms with E-state index in [-0.39, 0.29) is 5.92 Å². The molecule has 1 amide bonds. The summed E-state index contributed by atoms with van der Waals surface area (Å²) in [7, 11) is -3.12. The number of piperidine rings is 2. The molecule has 34 heavy (non-hydrogen) atoms. The number of carbonyl (C=O) groups is 1. The molecule has 1 aliphatic carbocycles. The van der Waals surface area contributed by atoms with E-state index in [1.54, 1.807) is 4.31 Å². The number of nitrogens with zero attached hydrogens (tertiary/aromatic N) is 3. The number of hydrazine groups is 1. The van der Waals surface area contributed by atoms with Gasteiger partial charge in [0.2, 0.25) is 15.9 Å². The van der Waals surface area contributed by atoms with Crippen LogP contribution in [0.25, 0.3) is 0 Å². The fraction of sp³-hybridized carbons (Fsp3) is 0.962. The predicted octanol–water partition coefficient (Wildman–Crippen LogP) is 3.23. The average Bonchev–Trinajstić information content (AvgIpc) is 3.08. The summed E-state index contributed by atoms with van der Waals surface area (Å²) in [5, 5.41) is 2.35. The monoisotopic (exact) mass is 494 g/mol. The second kappa shape index (κ2) is 11.1. The summed E-state index contributed by atoms with van der Waals surface area (Å²) < 4.78 is 27.9. The summed E-state index contributed by atoms with van der Waals surface area (Å²) in [4.78, 5) is 15.5. The van der Waals surface area contributed by atoms with Gasteiger partial charge >= 0.3 is 0 Å². The summed E-state index contributed by atoms with van der Waals surface area (Å²) in [6.45, 7) is 5.04. The first-order chi connectivity index (χ1) is 16.5. The highest BCUT2D eigenvalue weighted by Crippen LogP contribution is 2.39. The summed E-state index contributed by atoms with van der Waals surface area (Å²) >= 11 is 0. The number of likely N-dealkylation sites (tertiary alicyclic amines) is 1.